The number of hydrogen-bond acceptors (Lipinski definition) is 4. The molecule has 0 spiro atoms. The summed E-state index contributed by atoms with van der Waals surface area (Å²) in [5.74, 6) is 2.04. The number of hydrogen-bond donors (Lipinski definition) is 3. The first-order chi connectivity index (χ1) is 13.1. The summed E-state index contributed by atoms with van der Waals surface area (Å²) in [5, 5.41) is 9.12. The van der Waals surface area contributed by atoms with Crippen LogP contribution >= 0.6 is 0 Å². The normalized spacial score (nSPS) is 10.9. The second-order valence-electron chi connectivity index (χ2n) is 5.74. The molecular formula is C20H26N4O3. The summed E-state index contributed by atoms with van der Waals surface area (Å²) < 4.78 is 10.6. The number of aliphatic imine (C=N–C) groups is 1. The van der Waals surface area contributed by atoms with E-state index >= 15 is 0 Å². The van der Waals surface area contributed by atoms with Crippen LogP contribution in [0.1, 0.15) is 21.5 Å². The molecule has 0 aliphatic rings. The number of benzene rings is 2. The van der Waals surface area contributed by atoms with E-state index in [2.05, 4.69) is 20.9 Å². The summed E-state index contributed by atoms with van der Waals surface area (Å²) in [6, 6.07) is 13.1. The third-order valence-electron chi connectivity index (χ3n) is 4.04. The minimum atomic E-state index is -0.106. The van der Waals surface area contributed by atoms with Gasteiger partial charge in [0.05, 0.1) is 14.2 Å². The minimum absolute atomic E-state index is 0.106. The molecule has 1 amide bonds. The molecule has 0 bridgehead atoms. The highest BCUT2D eigenvalue weighted by Gasteiger charge is 2.07. The molecule has 7 heteroatoms. The first kappa shape index (κ1) is 20.1. The molecular weight excluding hydrogens is 344 g/mol. The number of carbonyl (C=O) groups excluding carboxylic acids is 1. The Labute approximate surface area is 159 Å². The average Bonchev–Trinajstić information content (AvgIpc) is 2.73. The Morgan fingerprint density at radius 3 is 2.48 bits per heavy atom. The van der Waals surface area contributed by atoms with Crippen LogP contribution in [0.15, 0.2) is 47.5 Å². The number of nitrogens with one attached hydrogen (secondary N) is 3. The van der Waals surface area contributed by atoms with Crippen LogP contribution in [0.3, 0.4) is 0 Å². The molecule has 0 aliphatic carbocycles. The van der Waals surface area contributed by atoms with Crippen LogP contribution in [0.2, 0.25) is 0 Å². The van der Waals surface area contributed by atoms with E-state index in [0.717, 1.165) is 22.6 Å². The second-order valence-corrected chi connectivity index (χ2v) is 5.74. The molecule has 0 atom stereocenters. The zero-order chi connectivity index (χ0) is 19.6. The maximum absolute atomic E-state index is 11.7. The summed E-state index contributed by atoms with van der Waals surface area (Å²) >= 11 is 0. The lowest BCUT2D eigenvalue weighted by molar-refractivity contribution is 0.0963. The van der Waals surface area contributed by atoms with Crippen molar-refractivity contribution in [3.05, 3.63) is 59.2 Å². The monoisotopic (exact) mass is 370 g/mol. The van der Waals surface area contributed by atoms with Gasteiger partial charge in [0.25, 0.3) is 5.91 Å². The number of rotatable bonds is 7. The number of nitrogens with zero attached hydrogens (tertiary/aromatic N) is 1. The molecule has 2 aromatic rings. The highest BCUT2D eigenvalue weighted by atomic mass is 16.5. The van der Waals surface area contributed by atoms with Crippen LogP contribution in [0, 0.1) is 0 Å². The zero-order valence-corrected chi connectivity index (χ0v) is 16.1. The van der Waals surface area contributed by atoms with Gasteiger partial charge in [0, 0.05) is 44.4 Å². The van der Waals surface area contributed by atoms with Gasteiger partial charge in [0.1, 0.15) is 11.5 Å². The van der Waals surface area contributed by atoms with Gasteiger partial charge in [-0.25, -0.2) is 0 Å². The van der Waals surface area contributed by atoms with Crippen molar-refractivity contribution < 1.29 is 14.3 Å². The maximum Gasteiger partial charge on any atom is 0.251 e. The molecule has 0 aliphatic heterocycles. The Balaban J connectivity index is 1.96. The van der Waals surface area contributed by atoms with Crippen molar-refractivity contribution in [2.24, 2.45) is 4.99 Å². The molecule has 2 rings (SSSR count). The van der Waals surface area contributed by atoms with Crippen molar-refractivity contribution in [3.8, 4) is 11.5 Å². The van der Waals surface area contributed by atoms with Gasteiger partial charge in [-0.2, -0.15) is 0 Å². The second kappa shape index (κ2) is 10.1. The smallest absolute Gasteiger partial charge is 0.251 e. The standard InChI is InChI=1S/C20H26N4O3/c1-21-19(25)15-7-5-6-14(10-15)12-23-20(22-2)24-13-16-8-9-17(26-3)11-18(16)27-4/h5-11H,12-13H2,1-4H3,(H,21,25)(H2,22,23,24). The SMILES string of the molecule is CN=C(NCc1cccc(C(=O)NC)c1)NCc1ccc(OC)cc1OC. The summed E-state index contributed by atoms with van der Waals surface area (Å²) in [7, 11) is 6.58. The van der Waals surface area contributed by atoms with E-state index < -0.39 is 0 Å². The predicted octanol–water partition coefficient (Wildman–Crippen LogP) is 1.93. The Hall–Kier alpha value is -3.22. The lowest BCUT2D eigenvalue weighted by Gasteiger charge is -2.15. The molecule has 144 valence electrons. The minimum Gasteiger partial charge on any atom is -0.497 e. The van der Waals surface area contributed by atoms with Gasteiger partial charge < -0.3 is 25.4 Å². The first-order valence-corrected chi connectivity index (χ1v) is 8.57. The van der Waals surface area contributed by atoms with Crippen LogP contribution < -0.4 is 25.4 Å². The summed E-state index contributed by atoms with van der Waals surface area (Å²) in [4.78, 5) is 16.0. The third kappa shape index (κ3) is 5.64. The molecule has 3 N–H and O–H groups in total. The average molecular weight is 370 g/mol. The fourth-order valence-electron chi connectivity index (χ4n) is 2.55. The molecule has 0 aromatic heterocycles. The maximum atomic E-state index is 11.7. The molecule has 27 heavy (non-hydrogen) atoms. The Kier molecular flexibility index (Phi) is 7.49. The Bertz CT molecular complexity index is 806. The van der Waals surface area contributed by atoms with Gasteiger partial charge in [-0.15, -0.1) is 0 Å². The predicted molar refractivity (Wildman–Crippen MR) is 106 cm³/mol. The van der Waals surface area contributed by atoms with E-state index in [1.165, 1.54) is 0 Å². The van der Waals surface area contributed by atoms with Crippen molar-refractivity contribution in [1.29, 1.82) is 0 Å². The molecule has 0 unspecified atom stereocenters. The summed E-state index contributed by atoms with van der Waals surface area (Å²) in [6.07, 6.45) is 0. The van der Waals surface area contributed by atoms with E-state index in [1.807, 2.05) is 36.4 Å². The topological polar surface area (TPSA) is 84.0 Å². The number of ether oxygens (including phenoxy) is 2. The molecule has 0 saturated carbocycles. The van der Waals surface area contributed by atoms with Gasteiger partial charge in [-0.05, 0) is 29.8 Å². The summed E-state index contributed by atoms with van der Waals surface area (Å²) in [6.45, 7) is 1.09. The van der Waals surface area contributed by atoms with Gasteiger partial charge in [-0.1, -0.05) is 12.1 Å². The van der Waals surface area contributed by atoms with Crippen LogP contribution in [-0.2, 0) is 13.1 Å². The number of guanidine groups is 1. The van der Waals surface area contributed by atoms with Crippen LogP contribution in [-0.4, -0.2) is 40.2 Å². The van der Waals surface area contributed by atoms with Crippen molar-refractivity contribution in [2.75, 3.05) is 28.3 Å². The van der Waals surface area contributed by atoms with Crippen molar-refractivity contribution in [3.63, 3.8) is 0 Å². The third-order valence-corrected chi connectivity index (χ3v) is 4.04. The van der Waals surface area contributed by atoms with Gasteiger partial charge in [-0.3, -0.25) is 9.79 Å². The van der Waals surface area contributed by atoms with Crippen LogP contribution in [0.25, 0.3) is 0 Å². The highest BCUT2D eigenvalue weighted by molar-refractivity contribution is 5.94. The van der Waals surface area contributed by atoms with E-state index in [1.54, 1.807) is 34.4 Å². The van der Waals surface area contributed by atoms with Crippen molar-refractivity contribution in [2.45, 2.75) is 13.1 Å². The molecule has 0 saturated heterocycles. The van der Waals surface area contributed by atoms with Gasteiger partial charge >= 0.3 is 0 Å². The fraction of sp³-hybridized carbons (Fsp3) is 0.300. The van der Waals surface area contributed by atoms with E-state index in [9.17, 15) is 4.79 Å². The van der Waals surface area contributed by atoms with Gasteiger partial charge in [0.15, 0.2) is 5.96 Å². The Morgan fingerprint density at radius 2 is 1.81 bits per heavy atom. The highest BCUT2D eigenvalue weighted by Crippen LogP contribution is 2.24. The number of amides is 1. The number of methoxy groups -OCH3 is 2. The quantitative estimate of drug-likeness (QED) is 0.512. The van der Waals surface area contributed by atoms with E-state index in [0.29, 0.717) is 24.6 Å². The first-order valence-electron chi connectivity index (χ1n) is 8.57. The van der Waals surface area contributed by atoms with Crippen LogP contribution in [0.4, 0.5) is 0 Å². The Morgan fingerprint density at radius 1 is 1.04 bits per heavy atom. The lowest BCUT2D eigenvalue weighted by atomic mass is 10.1. The number of carbonyl (C=O) groups is 1. The molecule has 7 nitrogen and oxygen atoms in total. The fourth-order valence-corrected chi connectivity index (χ4v) is 2.55. The van der Waals surface area contributed by atoms with E-state index in [-0.39, 0.29) is 5.91 Å². The molecule has 0 radical (unpaired) electrons. The largest absolute Gasteiger partial charge is 0.497 e. The van der Waals surface area contributed by atoms with Crippen molar-refractivity contribution >= 4 is 11.9 Å². The van der Waals surface area contributed by atoms with Crippen molar-refractivity contribution in [1.82, 2.24) is 16.0 Å². The lowest BCUT2D eigenvalue weighted by Crippen LogP contribution is -2.36. The zero-order valence-electron chi connectivity index (χ0n) is 16.1. The van der Waals surface area contributed by atoms with Crippen LogP contribution in [0.5, 0.6) is 11.5 Å². The van der Waals surface area contributed by atoms with Gasteiger partial charge in [0.2, 0.25) is 0 Å². The molecule has 0 fully saturated rings. The molecule has 2 aromatic carbocycles. The summed E-state index contributed by atoms with van der Waals surface area (Å²) in [5.41, 5.74) is 2.60. The molecule has 0 heterocycles. The van der Waals surface area contributed by atoms with E-state index in [4.69, 9.17) is 9.47 Å².